The van der Waals surface area contributed by atoms with Crippen LogP contribution < -0.4 is 19.1 Å². The standard InChI is InChI=1S/C24H31N3O6S/c1-16(2)25-24(29)18(4)26(13-19-8-6-17(3)7-9-19)23(28)14-27(34(5,30)31)20-10-11-21-22(12-20)33-15-32-21/h6-12,16,18H,13-15H2,1-5H3,(H,25,29)/t18-/m1/s1. The van der Waals surface area contributed by atoms with E-state index in [1.54, 1.807) is 19.1 Å². The van der Waals surface area contributed by atoms with Gasteiger partial charge < -0.3 is 19.7 Å². The number of amides is 2. The van der Waals surface area contributed by atoms with Gasteiger partial charge in [-0.25, -0.2) is 8.42 Å². The van der Waals surface area contributed by atoms with Crippen molar-refractivity contribution in [2.75, 3.05) is 23.9 Å². The van der Waals surface area contributed by atoms with Crippen molar-refractivity contribution in [2.45, 2.75) is 46.3 Å². The summed E-state index contributed by atoms with van der Waals surface area (Å²) in [4.78, 5) is 27.6. The lowest BCUT2D eigenvalue weighted by molar-refractivity contribution is -0.139. The van der Waals surface area contributed by atoms with E-state index in [9.17, 15) is 18.0 Å². The fourth-order valence-corrected chi connectivity index (χ4v) is 4.37. The maximum absolute atomic E-state index is 13.5. The quantitative estimate of drug-likeness (QED) is 0.580. The average Bonchev–Trinajstić information content (AvgIpc) is 3.23. The number of ether oxygens (including phenoxy) is 2. The summed E-state index contributed by atoms with van der Waals surface area (Å²) in [5.74, 6) is 0.0859. The number of benzene rings is 2. The number of sulfonamides is 1. The molecule has 2 amide bonds. The van der Waals surface area contributed by atoms with E-state index in [2.05, 4.69) is 5.32 Å². The van der Waals surface area contributed by atoms with Crippen LogP contribution >= 0.6 is 0 Å². The van der Waals surface area contributed by atoms with E-state index in [1.165, 1.54) is 11.0 Å². The average molecular weight is 490 g/mol. The number of anilines is 1. The molecule has 1 aliphatic heterocycles. The number of carbonyl (C=O) groups excluding carboxylic acids is 2. The normalized spacial score (nSPS) is 13.5. The third kappa shape index (κ3) is 6.19. The Labute approximate surface area is 200 Å². The maximum atomic E-state index is 13.5. The van der Waals surface area contributed by atoms with E-state index in [1.807, 2.05) is 45.0 Å². The SMILES string of the molecule is Cc1ccc(CN(C(=O)CN(c2ccc3c(c2)OCO3)S(C)(=O)=O)[C@H](C)C(=O)NC(C)C)cc1. The summed E-state index contributed by atoms with van der Waals surface area (Å²) < 4.78 is 36.9. The Morgan fingerprint density at radius 3 is 2.29 bits per heavy atom. The van der Waals surface area contributed by atoms with E-state index in [0.717, 1.165) is 21.7 Å². The Morgan fingerprint density at radius 1 is 1.03 bits per heavy atom. The second-order valence-corrected chi connectivity index (χ2v) is 10.6. The highest BCUT2D eigenvalue weighted by Gasteiger charge is 2.31. The largest absolute Gasteiger partial charge is 0.454 e. The van der Waals surface area contributed by atoms with Crippen LogP contribution in [0, 0.1) is 6.92 Å². The number of rotatable bonds is 9. The number of aryl methyl sites for hydroxylation is 1. The van der Waals surface area contributed by atoms with Crippen molar-refractivity contribution in [1.82, 2.24) is 10.2 Å². The van der Waals surface area contributed by atoms with Crippen LogP contribution in [0.15, 0.2) is 42.5 Å². The molecule has 9 nitrogen and oxygen atoms in total. The smallest absolute Gasteiger partial charge is 0.244 e. The molecule has 0 aliphatic carbocycles. The lowest BCUT2D eigenvalue weighted by Gasteiger charge is -2.32. The van der Waals surface area contributed by atoms with Crippen LogP contribution in [0.4, 0.5) is 5.69 Å². The first-order valence-electron chi connectivity index (χ1n) is 11.0. The molecular weight excluding hydrogens is 458 g/mol. The molecule has 0 radical (unpaired) electrons. The summed E-state index contributed by atoms with van der Waals surface area (Å²) in [6.07, 6.45) is 1.03. The highest BCUT2D eigenvalue weighted by atomic mass is 32.2. The Bertz CT molecular complexity index is 1150. The minimum atomic E-state index is -3.82. The van der Waals surface area contributed by atoms with Crippen LogP contribution in [0.3, 0.4) is 0 Å². The molecule has 1 heterocycles. The minimum Gasteiger partial charge on any atom is -0.454 e. The third-order valence-corrected chi connectivity index (χ3v) is 6.54. The Kier molecular flexibility index (Phi) is 7.71. The predicted octanol–water partition coefficient (Wildman–Crippen LogP) is 2.43. The zero-order valence-electron chi connectivity index (χ0n) is 20.1. The molecule has 34 heavy (non-hydrogen) atoms. The summed E-state index contributed by atoms with van der Waals surface area (Å²) in [7, 11) is -3.82. The summed E-state index contributed by atoms with van der Waals surface area (Å²) in [5, 5.41) is 2.82. The number of fused-ring (bicyclic) bond motifs is 1. The number of carbonyl (C=O) groups is 2. The van der Waals surface area contributed by atoms with Crippen molar-refractivity contribution in [3.8, 4) is 11.5 Å². The van der Waals surface area contributed by atoms with Gasteiger partial charge in [0.15, 0.2) is 11.5 Å². The lowest BCUT2D eigenvalue weighted by Crippen LogP contribution is -2.52. The van der Waals surface area contributed by atoms with Crippen LogP contribution in [0.25, 0.3) is 0 Å². The Balaban J connectivity index is 1.90. The van der Waals surface area contributed by atoms with Crippen LogP contribution in [-0.2, 0) is 26.2 Å². The van der Waals surface area contributed by atoms with Gasteiger partial charge in [0.2, 0.25) is 28.6 Å². The highest BCUT2D eigenvalue weighted by molar-refractivity contribution is 7.92. The van der Waals surface area contributed by atoms with E-state index >= 15 is 0 Å². The fraction of sp³-hybridized carbons (Fsp3) is 0.417. The molecule has 0 fully saturated rings. The van der Waals surface area contributed by atoms with Gasteiger partial charge in [-0.05, 0) is 45.4 Å². The minimum absolute atomic E-state index is 0.0450. The topological polar surface area (TPSA) is 105 Å². The van der Waals surface area contributed by atoms with Gasteiger partial charge in [0.05, 0.1) is 11.9 Å². The van der Waals surface area contributed by atoms with Gasteiger partial charge in [-0.15, -0.1) is 0 Å². The monoisotopic (exact) mass is 489 g/mol. The summed E-state index contributed by atoms with van der Waals surface area (Å²) in [5.41, 5.74) is 2.17. The van der Waals surface area contributed by atoms with Gasteiger partial charge in [0, 0.05) is 18.7 Å². The van der Waals surface area contributed by atoms with Gasteiger partial charge in [-0.1, -0.05) is 29.8 Å². The van der Waals surface area contributed by atoms with Crippen LogP contribution in [0.1, 0.15) is 31.9 Å². The number of hydrogen-bond donors (Lipinski definition) is 1. The van der Waals surface area contributed by atoms with Crippen molar-refractivity contribution >= 4 is 27.5 Å². The molecule has 0 saturated heterocycles. The van der Waals surface area contributed by atoms with Gasteiger partial charge in [-0.3, -0.25) is 13.9 Å². The fourth-order valence-electron chi connectivity index (χ4n) is 3.53. The molecule has 184 valence electrons. The van der Waals surface area contributed by atoms with Gasteiger partial charge in [0.1, 0.15) is 12.6 Å². The molecule has 2 aromatic rings. The van der Waals surface area contributed by atoms with E-state index in [0.29, 0.717) is 11.5 Å². The molecule has 3 rings (SSSR count). The molecule has 0 spiro atoms. The van der Waals surface area contributed by atoms with E-state index < -0.39 is 28.5 Å². The first-order chi connectivity index (χ1) is 16.0. The summed E-state index contributed by atoms with van der Waals surface area (Å²) >= 11 is 0. The number of nitrogens with one attached hydrogen (secondary N) is 1. The second kappa shape index (κ2) is 10.3. The van der Waals surface area contributed by atoms with Crippen molar-refractivity contribution in [3.05, 3.63) is 53.6 Å². The van der Waals surface area contributed by atoms with Crippen molar-refractivity contribution in [1.29, 1.82) is 0 Å². The molecule has 0 saturated carbocycles. The van der Waals surface area contributed by atoms with Crippen LogP contribution in [-0.4, -0.2) is 56.8 Å². The molecule has 10 heteroatoms. The summed E-state index contributed by atoms with van der Waals surface area (Å²) in [6.45, 7) is 7.00. The van der Waals surface area contributed by atoms with Crippen molar-refractivity contribution < 1.29 is 27.5 Å². The molecule has 1 N–H and O–H groups in total. The van der Waals surface area contributed by atoms with Crippen LogP contribution in [0.5, 0.6) is 11.5 Å². The van der Waals surface area contributed by atoms with E-state index in [-0.39, 0.29) is 31.0 Å². The molecule has 0 aromatic heterocycles. The summed E-state index contributed by atoms with van der Waals surface area (Å²) in [6, 6.07) is 11.4. The van der Waals surface area contributed by atoms with Crippen molar-refractivity contribution in [2.24, 2.45) is 0 Å². The Hall–Kier alpha value is -3.27. The highest BCUT2D eigenvalue weighted by Crippen LogP contribution is 2.36. The van der Waals surface area contributed by atoms with Gasteiger partial charge in [0.25, 0.3) is 0 Å². The second-order valence-electron chi connectivity index (χ2n) is 8.65. The zero-order valence-corrected chi connectivity index (χ0v) is 20.9. The molecule has 0 bridgehead atoms. The van der Waals surface area contributed by atoms with Crippen LogP contribution in [0.2, 0.25) is 0 Å². The molecular formula is C24H31N3O6S. The molecule has 0 unspecified atom stereocenters. The molecule has 1 aliphatic rings. The number of hydrogen-bond acceptors (Lipinski definition) is 6. The third-order valence-electron chi connectivity index (χ3n) is 5.40. The van der Waals surface area contributed by atoms with Gasteiger partial charge >= 0.3 is 0 Å². The first kappa shape index (κ1) is 25.4. The first-order valence-corrected chi connectivity index (χ1v) is 12.8. The molecule has 1 atom stereocenters. The van der Waals surface area contributed by atoms with Crippen molar-refractivity contribution in [3.63, 3.8) is 0 Å². The zero-order chi connectivity index (χ0) is 25.0. The molecule has 2 aromatic carbocycles. The van der Waals surface area contributed by atoms with E-state index in [4.69, 9.17) is 9.47 Å². The lowest BCUT2D eigenvalue weighted by atomic mass is 10.1. The Morgan fingerprint density at radius 2 is 1.68 bits per heavy atom. The predicted molar refractivity (Wildman–Crippen MR) is 129 cm³/mol. The maximum Gasteiger partial charge on any atom is 0.244 e. The number of nitrogens with zero attached hydrogens (tertiary/aromatic N) is 2. The van der Waals surface area contributed by atoms with Gasteiger partial charge in [-0.2, -0.15) is 0 Å².